The summed E-state index contributed by atoms with van der Waals surface area (Å²) in [6, 6.07) is 12.5. The van der Waals surface area contributed by atoms with Crippen molar-refractivity contribution in [1.82, 2.24) is 19.2 Å². The van der Waals surface area contributed by atoms with E-state index in [1.54, 1.807) is 29.9 Å². The standard InChI is InChI=1S/C23H24N4O4S/c1-4-5-12-26-21(29)16-8-6-7-9-17(16)27-22(26)24-25-23(27)32-14-18(28)15-10-11-19(30-2)20(13-15)31-3/h6-11,13H,4-5,12,14H2,1-3H3. The highest BCUT2D eigenvalue weighted by atomic mass is 32.2. The van der Waals surface area contributed by atoms with Gasteiger partial charge in [0.1, 0.15) is 0 Å². The van der Waals surface area contributed by atoms with Crippen molar-refractivity contribution in [3.63, 3.8) is 0 Å². The predicted octanol–water partition coefficient (Wildman–Crippen LogP) is 3.84. The van der Waals surface area contributed by atoms with Crippen molar-refractivity contribution in [3.8, 4) is 11.5 Å². The number of methoxy groups -OCH3 is 2. The molecule has 9 heteroatoms. The zero-order valence-electron chi connectivity index (χ0n) is 18.2. The van der Waals surface area contributed by atoms with Crippen LogP contribution in [-0.2, 0) is 6.54 Å². The molecular weight excluding hydrogens is 428 g/mol. The van der Waals surface area contributed by atoms with Gasteiger partial charge >= 0.3 is 0 Å². The van der Waals surface area contributed by atoms with Gasteiger partial charge in [-0.2, -0.15) is 0 Å². The van der Waals surface area contributed by atoms with Gasteiger partial charge in [-0.05, 0) is 36.8 Å². The summed E-state index contributed by atoms with van der Waals surface area (Å²) >= 11 is 1.29. The van der Waals surface area contributed by atoms with E-state index in [1.807, 2.05) is 28.7 Å². The first-order valence-corrected chi connectivity index (χ1v) is 11.3. The molecule has 0 aliphatic rings. The molecular formula is C23H24N4O4S. The second-order valence-electron chi connectivity index (χ2n) is 7.23. The van der Waals surface area contributed by atoms with Crippen LogP contribution in [0.4, 0.5) is 0 Å². The third-order valence-corrected chi connectivity index (χ3v) is 6.18. The Bertz CT molecular complexity index is 1350. The number of ketones is 1. The Balaban J connectivity index is 1.69. The van der Waals surface area contributed by atoms with E-state index in [0.717, 1.165) is 18.4 Å². The summed E-state index contributed by atoms with van der Waals surface area (Å²) in [5.74, 6) is 1.65. The molecule has 2 aromatic heterocycles. The normalized spacial score (nSPS) is 11.2. The fraction of sp³-hybridized carbons (Fsp3) is 0.304. The van der Waals surface area contributed by atoms with E-state index in [1.165, 1.54) is 18.9 Å². The highest BCUT2D eigenvalue weighted by Gasteiger charge is 2.18. The molecule has 0 spiro atoms. The van der Waals surface area contributed by atoms with Crippen LogP contribution in [0, 0.1) is 0 Å². The van der Waals surface area contributed by atoms with Crippen LogP contribution < -0.4 is 15.0 Å². The fourth-order valence-electron chi connectivity index (χ4n) is 3.57. The number of carbonyl (C=O) groups is 1. The molecule has 0 aliphatic heterocycles. The number of nitrogens with zero attached hydrogens (tertiary/aromatic N) is 4. The third-order valence-electron chi connectivity index (χ3n) is 5.25. The molecule has 8 nitrogen and oxygen atoms in total. The van der Waals surface area contributed by atoms with Crippen molar-refractivity contribution in [2.45, 2.75) is 31.5 Å². The van der Waals surface area contributed by atoms with Gasteiger partial charge < -0.3 is 9.47 Å². The van der Waals surface area contributed by atoms with Gasteiger partial charge in [0.2, 0.25) is 5.78 Å². The van der Waals surface area contributed by atoms with Crippen molar-refractivity contribution < 1.29 is 14.3 Å². The predicted molar refractivity (Wildman–Crippen MR) is 124 cm³/mol. The highest BCUT2D eigenvalue weighted by Crippen LogP contribution is 2.29. The number of thioether (sulfide) groups is 1. The molecule has 4 rings (SSSR count). The topological polar surface area (TPSA) is 87.7 Å². The number of aromatic nitrogens is 4. The minimum atomic E-state index is -0.0769. The number of para-hydroxylation sites is 1. The molecule has 4 aromatic rings. The molecule has 0 saturated carbocycles. The molecule has 0 saturated heterocycles. The Morgan fingerprint density at radius 1 is 1.06 bits per heavy atom. The van der Waals surface area contributed by atoms with Crippen molar-refractivity contribution >= 4 is 34.2 Å². The van der Waals surface area contributed by atoms with Gasteiger partial charge in [-0.3, -0.25) is 18.6 Å². The van der Waals surface area contributed by atoms with E-state index in [9.17, 15) is 9.59 Å². The minimum Gasteiger partial charge on any atom is -0.493 e. The second-order valence-corrected chi connectivity index (χ2v) is 8.17. The zero-order chi connectivity index (χ0) is 22.7. The second kappa shape index (κ2) is 9.44. The molecule has 2 aromatic carbocycles. The average Bonchev–Trinajstić information content (AvgIpc) is 3.26. The molecule has 2 heterocycles. The molecule has 0 radical (unpaired) electrons. The lowest BCUT2D eigenvalue weighted by molar-refractivity contribution is 0.102. The summed E-state index contributed by atoms with van der Waals surface area (Å²) in [7, 11) is 3.09. The van der Waals surface area contributed by atoms with Crippen LogP contribution >= 0.6 is 11.8 Å². The number of benzene rings is 2. The van der Waals surface area contributed by atoms with Gasteiger partial charge in [0.05, 0.1) is 30.9 Å². The number of carbonyl (C=O) groups excluding carboxylic acids is 1. The smallest absolute Gasteiger partial charge is 0.262 e. The van der Waals surface area contributed by atoms with E-state index in [2.05, 4.69) is 17.1 Å². The quantitative estimate of drug-likeness (QED) is 0.282. The summed E-state index contributed by atoms with van der Waals surface area (Å²) in [6.45, 7) is 2.64. The number of rotatable bonds is 9. The van der Waals surface area contributed by atoms with Crippen molar-refractivity contribution in [2.75, 3.05) is 20.0 Å². The van der Waals surface area contributed by atoms with Crippen LogP contribution in [0.3, 0.4) is 0 Å². The van der Waals surface area contributed by atoms with E-state index in [0.29, 0.717) is 39.9 Å². The van der Waals surface area contributed by atoms with E-state index < -0.39 is 0 Å². The highest BCUT2D eigenvalue weighted by molar-refractivity contribution is 7.99. The number of unbranched alkanes of at least 4 members (excludes halogenated alkanes) is 1. The van der Waals surface area contributed by atoms with Crippen LogP contribution in [0.15, 0.2) is 52.4 Å². The van der Waals surface area contributed by atoms with Crippen LogP contribution in [0.25, 0.3) is 16.7 Å². The zero-order valence-corrected chi connectivity index (χ0v) is 19.0. The summed E-state index contributed by atoms with van der Waals surface area (Å²) in [5, 5.41) is 9.76. The first kappa shape index (κ1) is 21.9. The van der Waals surface area contributed by atoms with E-state index in [-0.39, 0.29) is 17.1 Å². The number of aryl methyl sites for hydroxylation is 1. The van der Waals surface area contributed by atoms with Gasteiger partial charge in [-0.1, -0.05) is 37.2 Å². The van der Waals surface area contributed by atoms with Crippen LogP contribution in [-0.4, -0.2) is 44.9 Å². The molecule has 0 amide bonds. The van der Waals surface area contributed by atoms with E-state index >= 15 is 0 Å². The third kappa shape index (κ3) is 3.95. The maximum atomic E-state index is 13.0. The lowest BCUT2D eigenvalue weighted by atomic mass is 10.1. The van der Waals surface area contributed by atoms with Crippen LogP contribution in [0.1, 0.15) is 30.1 Å². The van der Waals surface area contributed by atoms with Gasteiger partial charge in [0.25, 0.3) is 5.56 Å². The Morgan fingerprint density at radius 3 is 2.59 bits per heavy atom. The van der Waals surface area contributed by atoms with Gasteiger partial charge in [0.15, 0.2) is 22.4 Å². The summed E-state index contributed by atoms with van der Waals surface area (Å²) < 4.78 is 14.1. The Labute approximate surface area is 189 Å². The van der Waals surface area contributed by atoms with Crippen molar-refractivity contribution in [3.05, 3.63) is 58.4 Å². The summed E-state index contributed by atoms with van der Waals surface area (Å²) in [5.41, 5.74) is 1.17. The number of hydrogen-bond donors (Lipinski definition) is 0. The summed E-state index contributed by atoms with van der Waals surface area (Å²) in [6.07, 6.45) is 1.82. The Kier molecular flexibility index (Phi) is 6.45. The lowest BCUT2D eigenvalue weighted by Crippen LogP contribution is -2.23. The molecule has 0 fully saturated rings. The molecule has 166 valence electrons. The first-order chi connectivity index (χ1) is 15.6. The molecule has 0 atom stereocenters. The Hall–Kier alpha value is -3.33. The van der Waals surface area contributed by atoms with Crippen LogP contribution in [0.5, 0.6) is 11.5 Å². The van der Waals surface area contributed by atoms with Gasteiger partial charge in [-0.15, -0.1) is 10.2 Å². The van der Waals surface area contributed by atoms with Crippen molar-refractivity contribution in [1.29, 1.82) is 0 Å². The molecule has 32 heavy (non-hydrogen) atoms. The largest absolute Gasteiger partial charge is 0.493 e. The first-order valence-electron chi connectivity index (χ1n) is 10.3. The van der Waals surface area contributed by atoms with Crippen molar-refractivity contribution in [2.24, 2.45) is 0 Å². The summed E-state index contributed by atoms with van der Waals surface area (Å²) in [4.78, 5) is 25.9. The van der Waals surface area contributed by atoms with Gasteiger partial charge in [-0.25, -0.2) is 0 Å². The average molecular weight is 453 g/mol. The minimum absolute atomic E-state index is 0.0729. The maximum Gasteiger partial charge on any atom is 0.262 e. The number of fused-ring (bicyclic) bond motifs is 3. The lowest BCUT2D eigenvalue weighted by Gasteiger charge is -2.11. The van der Waals surface area contributed by atoms with Crippen LogP contribution in [0.2, 0.25) is 0 Å². The maximum absolute atomic E-state index is 13.0. The fourth-order valence-corrected chi connectivity index (χ4v) is 4.40. The number of Topliss-reactive ketones (excluding diaryl/α,β-unsaturated/α-hetero) is 1. The molecule has 0 N–H and O–H groups in total. The Morgan fingerprint density at radius 2 is 1.84 bits per heavy atom. The van der Waals surface area contributed by atoms with E-state index in [4.69, 9.17) is 9.47 Å². The number of hydrogen-bond acceptors (Lipinski definition) is 7. The molecule has 0 aliphatic carbocycles. The molecule has 0 bridgehead atoms. The number of ether oxygens (including phenoxy) is 2. The molecule has 0 unspecified atom stereocenters. The SMILES string of the molecule is CCCCn1c(=O)c2ccccc2n2c(SCC(=O)c3ccc(OC)c(OC)c3)nnc12. The van der Waals surface area contributed by atoms with Gasteiger partial charge in [0, 0.05) is 12.1 Å². The monoisotopic (exact) mass is 452 g/mol.